The van der Waals surface area contributed by atoms with Crippen LogP contribution < -0.4 is 5.32 Å². The molecule has 0 saturated carbocycles. The van der Waals surface area contributed by atoms with Gasteiger partial charge in [-0.3, -0.25) is 4.98 Å². The first-order valence-corrected chi connectivity index (χ1v) is 10.8. The highest BCUT2D eigenvalue weighted by Crippen LogP contribution is 2.41. The summed E-state index contributed by atoms with van der Waals surface area (Å²) in [5.41, 5.74) is 5.41. The van der Waals surface area contributed by atoms with Gasteiger partial charge in [0.25, 0.3) is 0 Å². The summed E-state index contributed by atoms with van der Waals surface area (Å²) in [4.78, 5) is 6.92. The Labute approximate surface area is 182 Å². The topological polar surface area (TPSA) is 33.1 Å². The molecule has 0 radical (unpaired) electrons. The van der Waals surface area contributed by atoms with Crippen LogP contribution >= 0.6 is 12.2 Å². The molecule has 4 nitrogen and oxygen atoms in total. The fourth-order valence-corrected chi connectivity index (χ4v) is 4.72. The van der Waals surface area contributed by atoms with E-state index in [1.807, 2.05) is 30.5 Å². The quantitative estimate of drug-likeness (QED) is 0.539. The van der Waals surface area contributed by atoms with E-state index in [2.05, 4.69) is 52.7 Å². The fraction of sp³-hybridized carbons (Fsp3) is 0.333. The number of rotatable bonds is 6. The molecule has 0 bridgehead atoms. The zero-order valence-corrected chi connectivity index (χ0v) is 18.4. The van der Waals surface area contributed by atoms with E-state index in [1.54, 1.807) is 0 Å². The maximum atomic E-state index is 13.5. The lowest BCUT2D eigenvalue weighted by Crippen LogP contribution is -2.30. The maximum absolute atomic E-state index is 13.5. The molecule has 0 amide bonds. The first-order chi connectivity index (χ1) is 14.5. The van der Waals surface area contributed by atoms with E-state index in [0.717, 1.165) is 47.3 Å². The highest BCUT2D eigenvalue weighted by molar-refractivity contribution is 7.80. The smallest absolute Gasteiger partial charge is 0.170 e. The first-order valence-electron chi connectivity index (χ1n) is 10.4. The van der Waals surface area contributed by atoms with Crippen LogP contribution in [0, 0.1) is 19.7 Å². The number of thiocarbonyl (C=S) groups is 1. The lowest BCUT2D eigenvalue weighted by Gasteiger charge is -2.28. The van der Waals surface area contributed by atoms with Crippen LogP contribution in [-0.4, -0.2) is 26.1 Å². The first kappa shape index (κ1) is 20.5. The van der Waals surface area contributed by atoms with E-state index in [9.17, 15) is 4.39 Å². The van der Waals surface area contributed by atoms with Crippen molar-refractivity contribution in [3.05, 3.63) is 83.2 Å². The Morgan fingerprint density at radius 3 is 2.57 bits per heavy atom. The minimum Gasteiger partial charge on any atom is -0.352 e. The van der Waals surface area contributed by atoms with Crippen molar-refractivity contribution in [2.45, 2.75) is 45.7 Å². The number of nitrogens with one attached hydrogen (secondary N) is 1. The van der Waals surface area contributed by atoms with Gasteiger partial charge in [-0.15, -0.1) is 0 Å². The summed E-state index contributed by atoms with van der Waals surface area (Å²) in [6.45, 7) is 7.31. The van der Waals surface area contributed by atoms with E-state index >= 15 is 0 Å². The van der Waals surface area contributed by atoms with Gasteiger partial charge in [-0.1, -0.05) is 19.4 Å². The Balaban J connectivity index is 1.81. The molecule has 1 aliphatic heterocycles. The second-order valence-corrected chi connectivity index (χ2v) is 8.20. The molecule has 0 spiro atoms. The van der Waals surface area contributed by atoms with E-state index in [-0.39, 0.29) is 17.9 Å². The van der Waals surface area contributed by atoms with Crippen molar-refractivity contribution < 1.29 is 4.39 Å². The Morgan fingerprint density at radius 2 is 1.90 bits per heavy atom. The van der Waals surface area contributed by atoms with Gasteiger partial charge in [0.1, 0.15) is 5.82 Å². The van der Waals surface area contributed by atoms with Crippen molar-refractivity contribution in [1.29, 1.82) is 0 Å². The van der Waals surface area contributed by atoms with Gasteiger partial charge in [0.05, 0.1) is 17.8 Å². The molecular weight excluding hydrogens is 395 g/mol. The van der Waals surface area contributed by atoms with E-state index in [1.165, 1.54) is 17.7 Å². The van der Waals surface area contributed by atoms with E-state index in [4.69, 9.17) is 12.2 Å². The van der Waals surface area contributed by atoms with Crippen LogP contribution in [0.2, 0.25) is 0 Å². The van der Waals surface area contributed by atoms with Crippen molar-refractivity contribution in [3.8, 4) is 5.69 Å². The lowest BCUT2D eigenvalue weighted by atomic mass is 9.96. The summed E-state index contributed by atoms with van der Waals surface area (Å²) in [5, 5.41) is 4.29. The van der Waals surface area contributed by atoms with Gasteiger partial charge in [0, 0.05) is 29.8 Å². The molecule has 3 aromatic rings. The van der Waals surface area contributed by atoms with Crippen LogP contribution in [0.1, 0.15) is 54.5 Å². The van der Waals surface area contributed by atoms with Gasteiger partial charge in [-0.2, -0.15) is 0 Å². The number of hydrogen-bond donors (Lipinski definition) is 1. The third-order valence-corrected chi connectivity index (χ3v) is 6.18. The summed E-state index contributed by atoms with van der Waals surface area (Å²) in [7, 11) is 0. The van der Waals surface area contributed by atoms with Crippen molar-refractivity contribution in [2.75, 3.05) is 6.54 Å². The zero-order chi connectivity index (χ0) is 21.3. The number of pyridine rings is 1. The molecule has 0 aliphatic carbocycles. The van der Waals surface area contributed by atoms with Crippen molar-refractivity contribution in [3.63, 3.8) is 0 Å². The zero-order valence-electron chi connectivity index (χ0n) is 17.6. The predicted molar refractivity (Wildman–Crippen MR) is 122 cm³/mol. The molecule has 3 heterocycles. The molecule has 30 heavy (non-hydrogen) atoms. The van der Waals surface area contributed by atoms with Gasteiger partial charge in [0.15, 0.2) is 5.11 Å². The van der Waals surface area contributed by atoms with Gasteiger partial charge < -0.3 is 14.8 Å². The number of aromatic nitrogens is 2. The van der Waals surface area contributed by atoms with Crippen LogP contribution in [0.15, 0.2) is 54.7 Å². The Kier molecular flexibility index (Phi) is 5.86. The highest BCUT2D eigenvalue weighted by atomic mass is 32.1. The Bertz CT molecular complexity index is 1030. The Hall–Kier alpha value is -2.73. The summed E-state index contributed by atoms with van der Waals surface area (Å²) in [6.07, 6.45) is 4.01. The molecule has 0 unspecified atom stereocenters. The molecule has 1 aliphatic rings. The molecule has 2 aromatic heterocycles. The summed E-state index contributed by atoms with van der Waals surface area (Å²) < 4.78 is 15.6. The average Bonchev–Trinajstić information content (AvgIpc) is 3.23. The molecule has 4 rings (SSSR count). The molecule has 6 heteroatoms. The standard InChI is InChI=1S/C24H27FN4S/c1-4-5-14-28-23(22(27-24(28)30)21-8-6-7-13-26-21)20-15-16(2)29(17(20)3)19-11-9-18(25)10-12-19/h6-13,15,22-23H,4-5,14H2,1-3H3,(H,27,30)/t22-,23+/m1/s1. The molecule has 156 valence electrons. The summed E-state index contributed by atoms with van der Waals surface area (Å²) in [5.74, 6) is -0.229. The highest BCUT2D eigenvalue weighted by Gasteiger charge is 2.41. The number of hydrogen-bond acceptors (Lipinski definition) is 2. The summed E-state index contributed by atoms with van der Waals surface area (Å²) in [6, 6.07) is 14.9. The minimum atomic E-state index is -0.229. The van der Waals surface area contributed by atoms with E-state index < -0.39 is 0 Å². The van der Waals surface area contributed by atoms with Crippen LogP contribution in [0.25, 0.3) is 5.69 Å². The third-order valence-electron chi connectivity index (χ3n) is 5.82. The average molecular weight is 423 g/mol. The van der Waals surface area contributed by atoms with Gasteiger partial charge >= 0.3 is 0 Å². The molecular formula is C24H27FN4S. The molecule has 1 saturated heterocycles. The Morgan fingerprint density at radius 1 is 1.13 bits per heavy atom. The number of nitrogens with zero attached hydrogens (tertiary/aromatic N) is 3. The number of halogens is 1. The normalized spacial score (nSPS) is 18.7. The molecule has 1 N–H and O–H groups in total. The second kappa shape index (κ2) is 8.56. The molecule has 1 fully saturated rings. The van der Waals surface area contributed by atoms with E-state index in [0.29, 0.717) is 0 Å². The van der Waals surface area contributed by atoms with Crippen molar-refractivity contribution in [1.82, 2.24) is 19.8 Å². The fourth-order valence-electron chi connectivity index (χ4n) is 4.39. The van der Waals surface area contributed by atoms with Crippen molar-refractivity contribution >= 4 is 17.3 Å². The molecule has 2 atom stereocenters. The maximum Gasteiger partial charge on any atom is 0.170 e. The summed E-state index contributed by atoms with van der Waals surface area (Å²) >= 11 is 5.74. The van der Waals surface area contributed by atoms with Crippen LogP contribution in [0.3, 0.4) is 0 Å². The van der Waals surface area contributed by atoms with Crippen LogP contribution in [-0.2, 0) is 0 Å². The SMILES string of the molecule is CCCCN1C(=S)N[C@H](c2ccccn2)[C@@H]1c1cc(C)n(-c2ccc(F)cc2)c1C. The van der Waals surface area contributed by atoms with Crippen molar-refractivity contribution in [2.24, 2.45) is 0 Å². The van der Waals surface area contributed by atoms with Crippen LogP contribution in [0.4, 0.5) is 4.39 Å². The second-order valence-electron chi connectivity index (χ2n) is 7.81. The third kappa shape index (κ3) is 3.72. The van der Waals surface area contributed by atoms with Gasteiger partial charge in [-0.05, 0) is 80.5 Å². The number of unbranched alkanes of at least 4 members (excludes halogenated alkanes) is 1. The largest absolute Gasteiger partial charge is 0.352 e. The molecule has 1 aromatic carbocycles. The van der Waals surface area contributed by atoms with Gasteiger partial charge in [-0.25, -0.2) is 4.39 Å². The van der Waals surface area contributed by atoms with Crippen LogP contribution in [0.5, 0.6) is 0 Å². The lowest BCUT2D eigenvalue weighted by molar-refractivity contribution is 0.312. The predicted octanol–water partition coefficient (Wildman–Crippen LogP) is 5.40. The number of aryl methyl sites for hydroxylation is 1. The van der Waals surface area contributed by atoms with Gasteiger partial charge in [0.2, 0.25) is 0 Å². The minimum absolute atomic E-state index is 0.0160. The number of benzene rings is 1. The monoisotopic (exact) mass is 422 g/mol.